The molecule has 0 aliphatic carbocycles. The van der Waals surface area contributed by atoms with Crippen LogP contribution in [0.4, 0.5) is 0 Å². The summed E-state index contributed by atoms with van der Waals surface area (Å²) >= 11 is 11.8. The molecule has 0 radical (unpaired) electrons. The lowest BCUT2D eigenvalue weighted by Gasteiger charge is -2.26. The van der Waals surface area contributed by atoms with E-state index in [-0.39, 0.29) is 11.8 Å². The molecule has 1 aromatic rings. The molecule has 3 nitrogen and oxygen atoms in total. The first-order valence-corrected chi connectivity index (χ1v) is 8.58. The molecular formula is C13H19Cl2NO2S. The maximum absolute atomic E-state index is 12.2. The van der Waals surface area contributed by atoms with Crippen molar-refractivity contribution in [1.82, 2.24) is 4.31 Å². The van der Waals surface area contributed by atoms with Gasteiger partial charge in [-0.3, -0.25) is 0 Å². The molecule has 0 fully saturated rings. The summed E-state index contributed by atoms with van der Waals surface area (Å²) in [7, 11) is -3.24. The van der Waals surface area contributed by atoms with E-state index in [4.69, 9.17) is 23.2 Å². The Kier molecular flexibility index (Phi) is 6.12. The van der Waals surface area contributed by atoms with Gasteiger partial charge in [0.1, 0.15) is 0 Å². The van der Waals surface area contributed by atoms with Gasteiger partial charge in [0.25, 0.3) is 0 Å². The molecule has 0 unspecified atom stereocenters. The van der Waals surface area contributed by atoms with Crippen LogP contribution in [0.5, 0.6) is 0 Å². The molecule has 0 saturated carbocycles. The zero-order valence-corrected chi connectivity index (χ0v) is 13.7. The highest BCUT2D eigenvalue weighted by molar-refractivity contribution is 7.89. The Balaban J connectivity index is 2.99. The Morgan fingerprint density at radius 3 is 2.32 bits per heavy atom. The molecule has 0 bridgehead atoms. The minimum Gasteiger partial charge on any atom is -0.212 e. The van der Waals surface area contributed by atoms with Gasteiger partial charge < -0.3 is 0 Å². The number of sulfonamides is 1. The van der Waals surface area contributed by atoms with Crippen LogP contribution in [0.25, 0.3) is 0 Å². The van der Waals surface area contributed by atoms with Gasteiger partial charge in [-0.1, -0.05) is 36.2 Å². The second-order valence-corrected chi connectivity index (χ2v) is 7.56. The van der Waals surface area contributed by atoms with Gasteiger partial charge in [-0.2, -0.15) is 4.31 Å². The molecule has 0 heterocycles. The Morgan fingerprint density at radius 1 is 1.21 bits per heavy atom. The highest BCUT2D eigenvalue weighted by Crippen LogP contribution is 2.24. The second kappa shape index (κ2) is 6.93. The highest BCUT2D eigenvalue weighted by atomic mass is 35.5. The summed E-state index contributed by atoms with van der Waals surface area (Å²) in [4.78, 5) is 0. The maximum atomic E-state index is 12.2. The van der Waals surface area contributed by atoms with Crippen molar-refractivity contribution in [2.75, 3.05) is 5.75 Å². The molecule has 0 atom stereocenters. The number of nitrogens with zero attached hydrogens (tertiary/aromatic N) is 1. The van der Waals surface area contributed by atoms with Crippen LogP contribution < -0.4 is 0 Å². The molecule has 19 heavy (non-hydrogen) atoms. The van der Waals surface area contributed by atoms with Crippen molar-refractivity contribution in [3.63, 3.8) is 0 Å². The van der Waals surface area contributed by atoms with Crippen molar-refractivity contribution < 1.29 is 8.42 Å². The van der Waals surface area contributed by atoms with Crippen molar-refractivity contribution in [2.45, 2.75) is 39.8 Å². The van der Waals surface area contributed by atoms with Crippen molar-refractivity contribution in [3.05, 3.63) is 33.8 Å². The third kappa shape index (κ3) is 4.63. The van der Waals surface area contributed by atoms with Crippen LogP contribution in [0.2, 0.25) is 10.0 Å². The van der Waals surface area contributed by atoms with E-state index in [0.29, 0.717) is 23.0 Å². The lowest BCUT2D eigenvalue weighted by atomic mass is 10.2. The summed E-state index contributed by atoms with van der Waals surface area (Å²) in [5, 5.41) is 0.911. The van der Waals surface area contributed by atoms with Crippen LogP contribution in [0.15, 0.2) is 18.2 Å². The van der Waals surface area contributed by atoms with E-state index < -0.39 is 10.0 Å². The second-order valence-electron chi connectivity index (χ2n) is 4.70. The normalized spacial score (nSPS) is 12.4. The number of halogens is 2. The van der Waals surface area contributed by atoms with Crippen molar-refractivity contribution >= 4 is 33.2 Å². The molecule has 0 spiro atoms. The van der Waals surface area contributed by atoms with Gasteiger partial charge in [0.05, 0.1) is 15.8 Å². The fourth-order valence-corrected chi connectivity index (χ4v) is 3.85. The molecule has 1 rings (SSSR count). The van der Waals surface area contributed by atoms with E-state index in [1.807, 2.05) is 20.8 Å². The molecule has 1 aromatic carbocycles. The van der Waals surface area contributed by atoms with E-state index in [1.165, 1.54) is 4.31 Å². The van der Waals surface area contributed by atoms with Gasteiger partial charge in [0.15, 0.2) is 0 Å². The Labute approximate surface area is 125 Å². The van der Waals surface area contributed by atoms with Gasteiger partial charge in [0, 0.05) is 12.6 Å². The van der Waals surface area contributed by atoms with Crippen molar-refractivity contribution in [2.24, 2.45) is 0 Å². The first-order chi connectivity index (χ1) is 8.77. The third-order valence-electron chi connectivity index (χ3n) is 2.72. The van der Waals surface area contributed by atoms with Crippen LogP contribution in [0.3, 0.4) is 0 Å². The van der Waals surface area contributed by atoms with E-state index in [1.54, 1.807) is 18.2 Å². The SMILES string of the molecule is CCCS(=O)(=O)N(Cc1ccc(Cl)c(Cl)c1)C(C)C. The number of rotatable bonds is 6. The standard InChI is InChI=1S/C13H19Cl2NO2S/c1-4-7-19(17,18)16(10(2)3)9-11-5-6-12(14)13(15)8-11/h5-6,8,10H,4,7,9H2,1-3H3. The largest absolute Gasteiger partial charge is 0.214 e. The molecule has 0 aliphatic rings. The van der Waals surface area contributed by atoms with E-state index >= 15 is 0 Å². The molecule has 0 amide bonds. The van der Waals surface area contributed by atoms with E-state index in [2.05, 4.69) is 0 Å². The number of hydrogen-bond donors (Lipinski definition) is 0. The molecular weight excluding hydrogens is 305 g/mol. The maximum Gasteiger partial charge on any atom is 0.214 e. The predicted molar refractivity (Wildman–Crippen MR) is 81.2 cm³/mol. The monoisotopic (exact) mass is 323 g/mol. The molecule has 0 N–H and O–H groups in total. The average Bonchev–Trinajstić information content (AvgIpc) is 2.29. The molecule has 0 saturated heterocycles. The van der Waals surface area contributed by atoms with Crippen LogP contribution in [0.1, 0.15) is 32.8 Å². The van der Waals surface area contributed by atoms with E-state index in [9.17, 15) is 8.42 Å². The van der Waals surface area contributed by atoms with Crippen LogP contribution in [0, 0.1) is 0 Å². The van der Waals surface area contributed by atoms with Crippen molar-refractivity contribution in [3.8, 4) is 0 Å². The van der Waals surface area contributed by atoms with Gasteiger partial charge >= 0.3 is 0 Å². The van der Waals surface area contributed by atoms with Gasteiger partial charge in [0.2, 0.25) is 10.0 Å². The lowest BCUT2D eigenvalue weighted by molar-refractivity contribution is 0.348. The summed E-state index contributed by atoms with van der Waals surface area (Å²) in [5.41, 5.74) is 0.836. The van der Waals surface area contributed by atoms with Gasteiger partial charge in [-0.15, -0.1) is 0 Å². The quantitative estimate of drug-likeness (QED) is 0.795. The smallest absolute Gasteiger partial charge is 0.212 e. The minimum absolute atomic E-state index is 0.0917. The Bertz CT molecular complexity index is 529. The summed E-state index contributed by atoms with van der Waals surface area (Å²) in [6.07, 6.45) is 0.604. The fraction of sp³-hybridized carbons (Fsp3) is 0.538. The summed E-state index contributed by atoms with van der Waals surface area (Å²) in [6.45, 7) is 5.90. The molecule has 0 aromatic heterocycles. The van der Waals surface area contributed by atoms with Crippen LogP contribution in [-0.2, 0) is 16.6 Å². The fourth-order valence-electron chi connectivity index (χ4n) is 1.80. The van der Waals surface area contributed by atoms with Gasteiger partial charge in [-0.05, 0) is 38.0 Å². The first-order valence-electron chi connectivity index (χ1n) is 6.21. The summed E-state index contributed by atoms with van der Waals surface area (Å²) < 4.78 is 25.9. The summed E-state index contributed by atoms with van der Waals surface area (Å²) in [5.74, 6) is 0.159. The Hall–Kier alpha value is -0.290. The molecule has 6 heteroatoms. The zero-order chi connectivity index (χ0) is 14.6. The van der Waals surface area contributed by atoms with Crippen LogP contribution in [-0.4, -0.2) is 24.5 Å². The topological polar surface area (TPSA) is 37.4 Å². The van der Waals surface area contributed by atoms with Gasteiger partial charge in [-0.25, -0.2) is 8.42 Å². The number of benzene rings is 1. The lowest BCUT2D eigenvalue weighted by Crippen LogP contribution is -2.37. The average molecular weight is 324 g/mol. The predicted octanol–water partition coefficient (Wildman–Crippen LogP) is 3.94. The minimum atomic E-state index is -3.24. The first kappa shape index (κ1) is 16.8. The third-order valence-corrected chi connectivity index (χ3v) is 5.65. The summed E-state index contributed by atoms with van der Waals surface area (Å²) in [6, 6.07) is 5.10. The van der Waals surface area contributed by atoms with E-state index in [0.717, 1.165) is 5.56 Å². The number of hydrogen-bond acceptors (Lipinski definition) is 2. The van der Waals surface area contributed by atoms with Crippen molar-refractivity contribution in [1.29, 1.82) is 0 Å². The molecule has 108 valence electrons. The van der Waals surface area contributed by atoms with Crippen LogP contribution >= 0.6 is 23.2 Å². The zero-order valence-electron chi connectivity index (χ0n) is 11.4. The molecule has 0 aliphatic heterocycles. The Morgan fingerprint density at radius 2 is 1.84 bits per heavy atom. The highest BCUT2D eigenvalue weighted by Gasteiger charge is 2.24.